The monoisotopic (exact) mass is 410 g/mol. The first kappa shape index (κ1) is 19.8. The lowest BCUT2D eigenvalue weighted by molar-refractivity contribution is -0.137. The molecule has 4 aliphatic rings. The van der Waals surface area contributed by atoms with Gasteiger partial charge in [0.2, 0.25) is 5.91 Å². The lowest BCUT2D eigenvalue weighted by atomic mass is 9.91. The van der Waals surface area contributed by atoms with Gasteiger partial charge in [0.05, 0.1) is 6.04 Å². The van der Waals surface area contributed by atoms with Crippen LogP contribution in [0.4, 0.5) is 5.69 Å². The normalized spacial score (nSPS) is 35.7. The topological polar surface area (TPSA) is 65.5 Å². The number of fused-ring (bicyclic) bond motifs is 2. The molecular formula is C24H34N4O2. The number of aromatic nitrogens is 1. The third-order valence-electron chi connectivity index (χ3n) is 8.65. The maximum absolute atomic E-state index is 13.4. The molecule has 1 aromatic rings. The highest BCUT2D eigenvalue weighted by Crippen LogP contribution is 2.68. The molecule has 0 radical (unpaired) electrons. The molecule has 30 heavy (non-hydrogen) atoms. The summed E-state index contributed by atoms with van der Waals surface area (Å²) >= 11 is 0. The summed E-state index contributed by atoms with van der Waals surface area (Å²) in [6.07, 6.45) is 6.90. The van der Waals surface area contributed by atoms with Gasteiger partial charge in [0.25, 0.3) is 5.91 Å². The summed E-state index contributed by atoms with van der Waals surface area (Å²) in [7, 11) is 3.91. The zero-order valence-electron chi connectivity index (χ0n) is 18.6. The smallest absolute Gasteiger partial charge is 0.270 e. The van der Waals surface area contributed by atoms with Crippen LogP contribution < -0.4 is 10.2 Å². The van der Waals surface area contributed by atoms with Crippen LogP contribution in [0.1, 0.15) is 56.4 Å². The van der Waals surface area contributed by atoms with Gasteiger partial charge in [-0.15, -0.1) is 0 Å². The largest absolute Gasteiger partial charge is 0.378 e. The minimum Gasteiger partial charge on any atom is -0.378 e. The second-order valence-electron chi connectivity index (χ2n) is 10.7. The molecule has 0 bridgehead atoms. The van der Waals surface area contributed by atoms with Crippen molar-refractivity contribution in [3.63, 3.8) is 0 Å². The van der Waals surface area contributed by atoms with Crippen molar-refractivity contribution in [3.05, 3.63) is 24.0 Å². The Morgan fingerprint density at radius 3 is 2.60 bits per heavy atom. The quantitative estimate of drug-likeness (QED) is 0.829. The molecule has 1 aromatic heterocycles. The van der Waals surface area contributed by atoms with E-state index >= 15 is 0 Å². The third kappa shape index (κ3) is 3.10. The van der Waals surface area contributed by atoms with Crippen molar-refractivity contribution in [2.45, 2.75) is 58.0 Å². The van der Waals surface area contributed by atoms with Crippen molar-refractivity contribution >= 4 is 17.5 Å². The molecule has 1 N–H and O–H groups in total. The Morgan fingerprint density at radius 1 is 1.17 bits per heavy atom. The van der Waals surface area contributed by atoms with E-state index in [1.54, 1.807) is 6.20 Å². The van der Waals surface area contributed by atoms with Crippen LogP contribution in [-0.4, -0.2) is 54.4 Å². The first-order valence-corrected chi connectivity index (χ1v) is 11.5. The van der Waals surface area contributed by atoms with Gasteiger partial charge >= 0.3 is 0 Å². The van der Waals surface area contributed by atoms with E-state index in [1.807, 2.05) is 31.1 Å². The molecule has 3 saturated carbocycles. The fourth-order valence-electron chi connectivity index (χ4n) is 6.72. The van der Waals surface area contributed by atoms with E-state index in [0.717, 1.165) is 56.2 Å². The van der Waals surface area contributed by atoms with Gasteiger partial charge in [-0.1, -0.05) is 13.8 Å². The number of carbonyl (C=O) groups excluding carboxylic acids is 2. The van der Waals surface area contributed by atoms with E-state index in [2.05, 4.69) is 29.0 Å². The molecule has 1 saturated heterocycles. The highest BCUT2D eigenvalue weighted by Gasteiger charge is 2.63. The van der Waals surface area contributed by atoms with E-state index in [1.165, 1.54) is 0 Å². The van der Waals surface area contributed by atoms with Gasteiger partial charge in [-0.25, -0.2) is 0 Å². The van der Waals surface area contributed by atoms with Gasteiger partial charge in [-0.3, -0.25) is 14.6 Å². The number of hydrogen-bond acceptors (Lipinski definition) is 4. The van der Waals surface area contributed by atoms with Gasteiger partial charge in [-0.2, -0.15) is 0 Å². The molecule has 6 heteroatoms. The molecule has 6 nitrogen and oxygen atoms in total. The summed E-state index contributed by atoms with van der Waals surface area (Å²) in [5.41, 5.74) is 1.85. The lowest BCUT2D eigenvalue weighted by Crippen LogP contribution is -2.51. The Bertz CT molecular complexity index is 853. The van der Waals surface area contributed by atoms with Gasteiger partial charge in [0.1, 0.15) is 5.69 Å². The molecule has 1 unspecified atom stereocenters. The predicted molar refractivity (Wildman–Crippen MR) is 116 cm³/mol. The zero-order chi connectivity index (χ0) is 21.2. The molecule has 2 heterocycles. The number of rotatable bonds is 4. The van der Waals surface area contributed by atoms with Crippen molar-refractivity contribution in [2.24, 2.45) is 29.1 Å². The number of hydrogen-bond donors (Lipinski definition) is 1. The summed E-state index contributed by atoms with van der Waals surface area (Å²) in [5.74, 6) is 2.40. The van der Waals surface area contributed by atoms with Crippen molar-refractivity contribution in [1.82, 2.24) is 15.2 Å². The maximum atomic E-state index is 13.4. The molecule has 0 aromatic carbocycles. The van der Waals surface area contributed by atoms with Crippen LogP contribution in [0.3, 0.4) is 0 Å². The van der Waals surface area contributed by atoms with Gasteiger partial charge in [0, 0.05) is 44.5 Å². The number of amides is 2. The first-order valence-electron chi connectivity index (χ1n) is 11.5. The van der Waals surface area contributed by atoms with Crippen LogP contribution in [0.2, 0.25) is 0 Å². The average Bonchev–Trinajstić information content (AvgIpc) is 3.24. The number of nitrogens with zero attached hydrogens (tertiary/aromatic N) is 3. The Morgan fingerprint density at radius 2 is 1.90 bits per heavy atom. The predicted octanol–water partition coefficient (Wildman–Crippen LogP) is 2.94. The Balaban J connectivity index is 1.26. The minimum atomic E-state index is -0.132. The van der Waals surface area contributed by atoms with E-state index in [9.17, 15) is 9.59 Å². The molecule has 2 amide bonds. The minimum absolute atomic E-state index is 0.0335. The fourth-order valence-corrected chi connectivity index (χ4v) is 6.72. The molecule has 0 spiro atoms. The average molecular weight is 411 g/mol. The maximum Gasteiger partial charge on any atom is 0.270 e. The number of carbonyl (C=O) groups is 2. The number of nitrogens with one attached hydrogen (secondary N) is 1. The Kier molecular flexibility index (Phi) is 4.60. The molecule has 6 atom stereocenters. The second kappa shape index (κ2) is 6.96. The zero-order valence-corrected chi connectivity index (χ0v) is 18.6. The molecule has 1 aliphatic heterocycles. The molecule has 4 fully saturated rings. The summed E-state index contributed by atoms with van der Waals surface area (Å²) in [5, 5.41) is 3.22. The van der Waals surface area contributed by atoms with Gasteiger partial charge < -0.3 is 15.1 Å². The van der Waals surface area contributed by atoms with E-state index in [4.69, 9.17) is 0 Å². The second-order valence-corrected chi connectivity index (χ2v) is 10.7. The summed E-state index contributed by atoms with van der Waals surface area (Å²) < 4.78 is 0. The van der Waals surface area contributed by atoms with E-state index in [-0.39, 0.29) is 23.9 Å². The Labute approximate surface area is 179 Å². The number of anilines is 1. The van der Waals surface area contributed by atoms with Crippen LogP contribution in [0.25, 0.3) is 0 Å². The van der Waals surface area contributed by atoms with Crippen molar-refractivity contribution < 1.29 is 9.59 Å². The Hall–Kier alpha value is -2.11. The van der Waals surface area contributed by atoms with Crippen LogP contribution in [0, 0.1) is 29.1 Å². The van der Waals surface area contributed by atoms with Crippen LogP contribution in [-0.2, 0) is 4.79 Å². The molecule has 3 aliphatic carbocycles. The number of likely N-dealkylation sites (tertiary alicyclic amines) is 1. The van der Waals surface area contributed by atoms with E-state index < -0.39 is 0 Å². The van der Waals surface area contributed by atoms with E-state index in [0.29, 0.717) is 22.9 Å². The standard InChI is InChI=1S/C24H34N4O2/c1-24(2)17-11-15(12-18(17)24)23(30)28-10-8-14-5-6-19(21(14)28)26-22(29)20-13-16(27(3)4)7-9-25-20/h7,9,13-15,17-19,21H,5-6,8,10-12H2,1-4H3,(H,26,29)/t14-,15?,17-,18+,19+,21+/m0/s1. The van der Waals surface area contributed by atoms with Crippen molar-refractivity contribution in [2.75, 3.05) is 25.5 Å². The summed E-state index contributed by atoms with van der Waals surface area (Å²) in [6, 6.07) is 3.91. The molecule has 162 valence electrons. The SMILES string of the molecule is CN(C)c1ccnc(C(=O)N[C@@H]2CC[C@H]3CCN(C(=O)C4C[C@@H]5[C@H](C4)C5(C)C)[C@H]32)c1. The van der Waals surface area contributed by atoms with Crippen LogP contribution in [0.5, 0.6) is 0 Å². The van der Waals surface area contributed by atoms with Crippen molar-refractivity contribution in [1.29, 1.82) is 0 Å². The highest BCUT2D eigenvalue weighted by atomic mass is 16.2. The molecule has 5 rings (SSSR count). The fraction of sp³-hybridized carbons (Fsp3) is 0.708. The third-order valence-corrected chi connectivity index (χ3v) is 8.65. The van der Waals surface area contributed by atoms with Crippen LogP contribution >= 0.6 is 0 Å². The summed E-state index contributed by atoms with van der Waals surface area (Å²) in [6.45, 7) is 5.54. The van der Waals surface area contributed by atoms with Gasteiger partial charge in [-0.05, 0) is 67.4 Å². The van der Waals surface area contributed by atoms with Crippen molar-refractivity contribution in [3.8, 4) is 0 Å². The lowest BCUT2D eigenvalue weighted by Gasteiger charge is -2.32. The number of pyridine rings is 1. The summed E-state index contributed by atoms with van der Waals surface area (Å²) in [4.78, 5) is 34.7. The molecular weight excluding hydrogens is 376 g/mol. The first-order chi connectivity index (χ1) is 14.3. The van der Waals surface area contributed by atoms with Gasteiger partial charge in [0.15, 0.2) is 0 Å². The van der Waals surface area contributed by atoms with Crippen LogP contribution in [0.15, 0.2) is 18.3 Å². The highest BCUT2D eigenvalue weighted by molar-refractivity contribution is 5.93.